The molecule has 0 unspecified atom stereocenters. The summed E-state index contributed by atoms with van der Waals surface area (Å²) in [5, 5.41) is 3.51. The van der Waals surface area contributed by atoms with E-state index in [4.69, 9.17) is 0 Å². The van der Waals surface area contributed by atoms with E-state index in [0.29, 0.717) is 5.82 Å². The number of hydrogen-bond donors (Lipinski definition) is 1. The summed E-state index contributed by atoms with van der Waals surface area (Å²) in [7, 11) is 0. The summed E-state index contributed by atoms with van der Waals surface area (Å²) in [4.78, 5) is 12.8. The first-order valence-electron chi connectivity index (χ1n) is 4.38. The largest absolute Gasteiger partial charge is 0.438 e. The highest BCUT2D eigenvalue weighted by molar-refractivity contribution is 4.77. The molecule has 1 heterocycles. The predicted molar refractivity (Wildman–Crippen MR) is 49.2 cm³/mol. The van der Waals surface area contributed by atoms with E-state index >= 15 is 0 Å². The maximum absolute atomic E-state index is 10.4. The second-order valence-electron chi connectivity index (χ2n) is 2.15. The quantitative estimate of drug-likeness (QED) is 0.762. The molecule has 1 aromatic rings. The average Bonchev–Trinajstić information content (AvgIpc) is 2.51. The van der Waals surface area contributed by atoms with Crippen molar-refractivity contribution in [3.05, 3.63) is 16.4 Å². The first-order chi connectivity index (χ1) is 5.83. The first kappa shape index (κ1) is 10.9. The van der Waals surface area contributed by atoms with Crippen molar-refractivity contribution in [3.8, 4) is 0 Å². The van der Waals surface area contributed by atoms with E-state index in [1.807, 2.05) is 13.8 Å². The number of aromatic nitrogens is 2. The third kappa shape index (κ3) is 3.95. The lowest BCUT2D eigenvalue weighted by Crippen LogP contribution is -1.96. The van der Waals surface area contributed by atoms with Gasteiger partial charge in [0.2, 0.25) is 0 Å². The van der Waals surface area contributed by atoms with Crippen LogP contribution in [-0.2, 0) is 6.42 Å². The summed E-state index contributed by atoms with van der Waals surface area (Å²) in [6, 6.07) is 0. The maximum Gasteiger partial charge on any atom is 0.438 e. The van der Waals surface area contributed by atoms with Gasteiger partial charge in [-0.3, -0.25) is 9.51 Å². The van der Waals surface area contributed by atoms with Crippen molar-refractivity contribution in [2.24, 2.45) is 0 Å². The Labute approximate surface area is 73.5 Å². The molecule has 0 aliphatic rings. The topological polar surface area (TPSA) is 58.9 Å². The Bertz CT molecular complexity index is 244. The number of H-pyrrole nitrogens is 1. The third-order valence-corrected chi connectivity index (χ3v) is 1.25. The van der Waals surface area contributed by atoms with Gasteiger partial charge in [0.05, 0.1) is 0 Å². The number of nitrogens with one attached hydrogen (secondary N) is 1. The number of hydrogen-bond acceptors (Lipinski definition) is 3. The molecule has 1 N–H and O–H groups in total. The van der Waals surface area contributed by atoms with Crippen LogP contribution in [0.15, 0.2) is 9.32 Å². The van der Waals surface area contributed by atoms with E-state index in [9.17, 15) is 4.79 Å². The summed E-state index contributed by atoms with van der Waals surface area (Å²) in [6.07, 6.45) is 2.92. The van der Waals surface area contributed by atoms with Crippen LogP contribution in [0.4, 0.5) is 0 Å². The SMILES string of the molecule is CC.CCCCc1noc(=O)[nH]1.[HH]. The van der Waals surface area contributed by atoms with Gasteiger partial charge in [-0.05, 0) is 6.42 Å². The van der Waals surface area contributed by atoms with Crippen molar-refractivity contribution in [2.75, 3.05) is 0 Å². The molecule has 4 nitrogen and oxygen atoms in total. The molecule has 0 aliphatic carbocycles. The van der Waals surface area contributed by atoms with E-state index in [0.717, 1.165) is 19.3 Å². The van der Waals surface area contributed by atoms with Crippen LogP contribution in [0, 0.1) is 0 Å². The van der Waals surface area contributed by atoms with Crippen LogP contribution in [0.5, 0.6) is 0 Å². The van der Waals surface area contributed by atoms with Crippen molar-refractivity contribution in [2.45, 2.75) is 40.0 Å². The van der Waals surface area contributed by atoms with Gasteiger partial charge in [-0.1, -0.05) is 32.3 Å². The molecular formula is C8H18N2O2. The third-order valence-electron chi connectivity index (χ3n) is 1.25. The van der Waals surface area contributed by atoms with Gasteiger partial charge in [-0.25, -0.2) is 4.79 Å². The van der Waals surface area contributed by atoms with E-state index in [1.165, 1.54) is 0 Å². The van der Waals surface area contributed by atoms with Gasteiger partial charge in [0.1, 0.15) is 0 Å². The van der Waals surface area contributed by atoms with Gasteiger partial charge in [0, 0.05) is 7.85 Å². The van der Waals surface area contributed by atoms with Crippen LogP contribution in [-0.4, -0.2) is 10.1 Å². The van der Waals surface area contributed by atoms with Crippen LogP contribution in [0.3, 0.4) is 0 Å². The van der Waals surface area contributed by atoms with Gasteiger partial charge in [0.25, 0.3) is 0 Å². The second-order valence-corrected chi connectivity index (χ2v) is 2.15. The predicted octanol–water partition coefficient (Wildman–Crippen LogP) is 1.98. The highest BCUT2D eigenvalue weighted by Crippen LogP contribution is 1.94. The van der Waals surface area contributed by atoms with Crippen molar-refractivity contribution < 1.29 is 5.95 Å². The molecule has 0 bridgehead atoms. The molecule has 0 amide bonds. The van der Waals surface area contributed by atoms with E-state index in [-0.39, 0.29) is 1.43 Å². The van der Waals surface area contributed by atoms with Crippen LogP contribution in [0.2, 0.25) is 0 Å². The Balaban J connectivity index is 0. The smallest absolute Gasteiger partial charge is 0.296 e. The molecule has 1 rings (SSSR count). The van der Waals surface area contributed by atoms with Gasteiger partial charge < -0.3 is 0 Å². The molecule has 4 heteroatoms. The maximum atomic E-state index is 10.4. The Kier molecular flexibility index (Phi) is 6.05. The van der Waals surface area contributed by atoms with Crippen LogP contribution < -0.4 is 5.76 Å². The Morgan fingerprint density at radius 3 is 2.67 bits per heavy atom. The van der Waals surface area contributed by atoms with Gasteiger partial charge in [-0.15, -0.1) is 0 Å². The van der Waals surface area contributed by atoms with Crippen LogP contribution in [0.1, 0.15) is 40.9 Å². The van der Waals surface area contributed by atoms with Crippen molar-refractivity contribution in [3.63, 3.8) is 0 Å². The van der Waals surface area contributed by atoms with E-state index < -0.39 is 5.76 Å². The van der Waals surface area contributed by atoms with Crippen molar-refractivity contribution in [1.82, 2.24) is 10.1 Å². The monoisotopic (exact) mass is 174 g/mol. The van der Waals surface area contributed by atoms with Crippen LogP contribution in [0.25, 0.3) is 0 Å². The molecule has 0 fully saturated rings. The molecule has 0 saturated heterocycles. The Morgan fingerprint density at radius 1 is 1.58 bits per heavy atom. The van der Waals surface area contributed by atoms with Gasteiger partial charge in [0.15, 0.2) is 5.82 Å². The fourth-order valence-corrected chi connectivity index (χ4v) is 0.712. The molecule has 0 saturated carbocycles. The minimum atomic E-state index is -0.467. The minimum absolute atomic E-state index is 0. The summed E-state index contributed by atoms with van der Waals surface area (Å²) in [5.74, 6) is 0.179. The number of nitrogens with zero attached hydrogens (tertiary/aromatic N) is 1. The molecule has 12 heavy (non-hydrogen) atoms. The average molecular weight is 174 g/mol. The highest BCUT2D eigenvalue weighted by Gasteiger charge is 1.97. The molecule has 1 aromatic heterocycles. The number of unbranched alkanes of at least 4 members (excludes halogenated alkanes) is 1. The molecule has 72 valence electrons. The molecule has 0 spiro atoms. The first-order valence-corrected chi connectivity index (χ1v) is 4.38. The van der Waals surface area contributed by atoms with Crippen LogP contribution >= 0.6 is 0 Å². The number of rotatable bonds is 3. The fraction of sp³-hybridized carbons (Fsp3) is 0.750. The lowest BCUT2D eigenvalue weighted by molar-refractivity contribution is 0.380. The van der Waals surface area contributed by atoms with E-state index in [1.54, 1.807) is 0 Å². The molecular weight excluding hydrogens is 156 g/mol. The van der Waals surface area contributed by atoms with E-state index in [2.05, 4.69) is 21.6 Å². The summed E-state index contributed by atoms with van der Waals surface area (Å²) >= 11 is 0. The standard InChI is InChI=1S/C6H10N2O2.C2H6.H2/c1-2-3-4-5-7-6(9)10-8-5;1-2;/h2-4H2,1H3,(H,7,8,9);1-2H3;1H. The summed E-state index contributed by atoms with van der Waals surface area (Å²) in [5.41, 5.74) is 0. The van der Waals surface area contributed by atoms with Crippen molar-refractivity contribution >= 4 is 0 Å². The zero-order valence-corrected chi connectivity index (χ0v) is 7.89. The molecule has 0 aromatic carbocycles. The number of aromatic amines is 1. The molecule has 0 atom stereocenters. The normalized spacial score (nSPS) is 8.92. The lowest BCUT2D eigenvalue weighted by Gasteiger charge is -1.87. The zero-order valence-electron chi connectivity index (χ0n) is 7.89. The minimum Gasteiger partial charge on any atom is -0.296 e. The summed E-state index contributed by atoms with van der Waals surface area (Å²) < 4.78 is 4.30. The lowest BCUT2D eigenvalue weighted by atomic mass is 10.2. The molecule has 0 aliphatic heterocycles. The Morgan fingerprint density at radius 2 is 2.25 bits per heavy atom. The summed E-state index contributed by atoms with van der Waals surface area (Å²) in [6.45, 7) is 6.08. The highest BCUT2D eigenvalue weighted by atomic mass is 16.5. The number of aryl methyl sites for hydroxylation is 1. The Hall–Kier alpha value is -1.06. The van der Waals surface area contributed by atoms with Crippen molar-refractivity contribution in [1.29, 1.82) is 0 Å². The molecule has 0 radical (unpaired) electrons. The van der Waals surface area contributed by atoms with Gasteiger partial charge >= 0.3 is 5.76 Å². The van der Waals surface area contributed by atoms with Gasteiger partial charge in [-0.2, -0.15) is 0 Å². The fourth-order valence-electron chi connectivity index (χ4n) is 0.712. The second kappa shape index (κ2) is 6.64. The zero-order chi connectivity index (χ0) is 9.40.